The number of carbonyl (C=O) groups is 3. The summed E-state index contributed by atoms with van der Waals surface area (Å²) in [7, 11) is 1.45. The normalized spacial score (nSPS) is 17.0. The largest absolute Gasteiger partial charge is 0.325 e. The highest BCUT2D eigenvalue weighted by molar-refractivity contribution is 6.21. The van der Waals surface area contributed by atoms with E-state index in [1.165, 1.54) is 7.05 Å². The molecule has 132 valence electrons. The van der Waals surface area contributed by atoms with Crippen LogP contribution in [0.25, 0.3) is 0 Å². The first-order valence-electron chi connectivity index (χ1n) is 7.25. The number of amides is 3. The van der Waals surface area contributed by atoms with Crippen molar-refractivity contribution >= 4 is 48.2 Å². The Kier molecular flexibility index (Phi) is 7.16. The molecule has 3 rings (SSSR count). The molecule has 1 aromatic rings. The maximum Gasteiger partial charge on any atom is 0.261 e. The number of imide groups is 1. The van der Waals surface area contributed by atoms with E-state index in [4.69, 9.17) is 0 Å². The fourth-order valence-corrected chi connectivity index (χ4v) is 2.71. The molecule has 2 aliphatic rings. The van der Waals surface area contributed by atoms with Gasteiger partial charge in [-0.25, -0.2) is 0 Å². The summed E-state index contributed by atoms with van der Waals surface area (Å²) in [6, 6.07) is 4.80. The molecule has 0 spiro atoms. The van der Waals surface area contributed by atoms with Crippen LogP contribution >= 0.6 is 24.8 Å². The van der Waals surface area contributed by atoms with E-state index < -0.39 is 0 Å². The van der Waals surface area contributed by atoms with E-state index in [1.54, 1.807) is 18.2 Å². The number of nitrogens with one attached hydrogen (secondary N) is 2. The first-order valence-corrected chi connectivity index (χ1v) is 7.25. The van der Waals surface area contributed by atoms with Crippen LogP contribution < -0.4 is 10.6 Å². The number of rotatable bonds is 3. The minimum Gasteiger partial charge on any atom is -0.325 e. The van der Waals surface area contributed by atoms with E-state index in [-0.39, 0.29) is 42.5 Å². The highest BCUT2D eigenvalue weighted by atomic mass is 35.5. The number of hydrogen-bond donors (Lipinski definition) is 2. The van der Waals surface area contributed by atoms with Gasteiger partial charge in [0.15, 0.2) is 0 Å². The molecule has 0 atom stereocenters. The molecular formula is C15H20Cl2N4O3. The molecule has 3 amide bonds. The van der Waals surface area contributed by atoms with Crippen LogP contribution in [-0.2, 0) is 4.79 Å². The van der Waals surface area contributed by atoms with E-state index in [2.05, 4.69) is 15.5 Å². The van der Waals surface area contributed by atoms with E-state index in [0.717, 1.165) is 31.1 Å². The number of hydrogen-bond acceptors (Lipinski definition) is 5. The molecule has 7 nitrogen and oxygen atoms in total. The van der Waals surface area contributed by atoms with Crippen molar-refractivity contribution in [2.45, 2.75) is 0 Å². The Morgan fingerprint density at radius 3 is 2.42 bits per heavy atom. The topological polar surface area (TPSA) is 81.8 Å². The zero-order chi connectivity index (χ0) is 15.7. The van der Waals surface area contributed by atoms with Gasteiger partial charge in [-0.05, 0) is 18.2 Å². The van der Waals surface area contributed by atoms with Crippen molar-refractivity contribution in [1.29, 1.82) is 0 Å². The average molecular weight is 375 g/mol. The van der Waals surface area contributed by atoms with Crippen molar-refractivity contribution in [2.24, 2.45) is 0 Å². The summed E-state index contributed by atoms with van der Waals surface area (Å²) in [6.07, 6.45) is 0. The Bertz CT molecular complexity index is 648. The molecule has 1 fully saturated rings. The number of halogens is 2. The summed E-state index contributed by atoms with van der Waals surface area (Å²) in [4.78, 5) is 39.0. The summed E-state index contributed by atoms with van der Waals surface area (Å²) in [5.74, 6) is -0.760. The lowest BCUT2D eigenvalue weighted by Crippen LogP contribution is -2.46. The van der Waals surface area contributed by atoms with Gasteiger partial charge in [0.25, 0.3) is 11.8 Å². The van der Waals surface area contributed by atoms with Gasteiger partial charge in [-0.1, -0.05) is 0 Å². The van der Waals surface area contributed by atoms with Crippen LogP contribution in [0.5, 0.6) is 0 Å². The lowest BCUT2D eigenvalue weighted by molar-refractivity contribution is -0.117. The van der Waals surface area contributed by atoms with E-state index in [1.807, 2.05) is 0 Å². The van der Waals surface area contributed by atoms with Gasteiger partial charge in [0.2, 0.25) is 5.91 Å². The Hall–Kier alpha value is -1.67. The molecule has 9 heteroatoms. The van der Waals surface area contributed by atoms with Gasteiger partial charge in [0, 0.05) is 38.9 Å². The maximum absolute atomic E-state index is 12.1. The van der Waals surface area contributed by atoms with Crippen LogP contribution in [-0.4, -0.2) is 67.3 Å². The average Bonchev–Trinajstić information content (AvgIpc) is 2.73. The van der Waals surface area contributed by atoms with E-state index in [0.29, 0.717) is 23.4 Å². The van der Waals surface area contributed by atoms with Crippen molar-refractivity contribution in [3.63, 3.8) is 0 Å². The second-order valence-corrected chi connectivity index (χ2v) is 5.50. The predicted molar refractivity (Wildman–Crippen MR) is 95.3 cm³/mol. The number of anilines is 1. The molecule has 0 unspecified atom stereocenters. The summed E-state index contributed by atoms with van der Waals surface area (Å²) in [5, 5.41) is 6.02. The van der Waals surface area contributed by atoms with Crippen LogP contribution in [0.4, 0.5) is 5.69 Å². The monoisotopic (exact) mass is 374 g/mol. The first-order chi connectivity index (χ1) is 10.6. The van der Waals surface area contributed by atoms with Crippen LogP contribution in [0.1, 0.15) is 20.7 Å². The van der Waals surface area contributed by atoms with Crippen LogP contribution in [0, 0.1) is 0 Å². The van der Waals surface area contributed by atoms with E-state index in [9.17, 15) is 14.4 Å². The molecule has 2 aliphatic heterocycles. The smallest absolute Gasteiger partial charge is 0.261 e. The minimum atomic E-state index is -0.335. The molecule has 0 bridgehead atoms. The van der Waals surface area contributed by atoms with Crippen molar-refractivity contribution in [3.8, 4) is 0 Å². The Balaban J connectivity index is 0.00000144. The van der Waals surface area contributed by atoms with Gasteiger partial charge in [-0.15, -0.1) is 24.8 Å². The van der Waals surface area contributed by atoms with Gasteiger partial charge in [0.05, 0.1) is 17.7 Å². The molecule has 0 radical (unpaired) electrons. The molecular weight excluding hydrogens is 355 g/mol. The molecule has 0 saturated carbocycles. The Morgan fingerprint density at radius 1 is 1.12 bits per heavy atom. The van der Waals surface area contributed by atoms with Gasteiger partial charge >= 0.3 is 0 Å². The Morgan fingerprint density at radius 2 is 1.75 bits per heavy atom. The van der Waals surface area contributed by atoms with Gasteiger partial charge < -0.3 is 10.6 Å². The highest BCUT2D eigenvalue weighted by Gasteiger charge is 2.32. The fourth-order valence-electron chi connectivity index (χ4n) is 2.71. The molecule has 1 aromatic carbocycles. The third-order valence-corrected chi connectivity index (χ3v) is 3.95. The second-order valence-electron chi connectivity index (χ2n) is 5.50. The zero-order valence-corrected chi connectivity index (χ0v) is 14.8. The molecule has 0 aromatic heterocycles. The van der Waals surface area contributed by atoms with Gasteiger partial charge in [-0.3, -0.25) is 24.2 Å². The van der Waals surface area contributed by atoms with Crippen molar-refractivity contribution in [2.75, 3.05) is 45.1 Å². The van der Waals surface area contributed by atoms with Crippen LogP contribution in [0.3, 0.4) is 0 Å². The summed E-state index contributed by atoms with van der Waals surface area (Å²) >= 11 is 0. The second kappa shape index (κ2) is 8.43. The van der Waals surface area contributed by atoms with Crippen LogP contribution in [0.2, 0.25) is 0 Å². The Labute approximate surface area is 152 Å². The summed E-state index contributed by atoms with van der Waals surface area (Å²) in [6.45, 7) is 3.78. The predicted octanol–water partition coefficient (Wildman–Crippen LogP) is 0.600. The number of benzene rings is 1. The lowest BCUT2D eigenvalue weighted by Gasteiger charge is -2.26. The quantitative estimate of drug-likeness (QED) is 0.757. The molecule has 2 N–H and O–H groups in total. The number of fused-ring (bicyclic) bond motifs is 1. The molecule has 1 saturated heterocycles. The summed E-state index contributed by atoms with van der Waals surface area (Å²) < 4.78 is 0. The summed E-state index contributed by atoms with van der Waals surface area (Å²) in [5.41, 5.74) is 1.26. The van der Waals surface area contributed by atoms with Crippen molar-refractivity contribution in [3.05, 3.63) is 29.3 Å². The standard InChI is InChI=1S/C15H18N4O3.2ClH/c1-18-14(21)11-3-2-10(8-12(11)15(18)22)17-13(20)9-19-6-4-16-5-7-19;;/h2-3,8,16H,4-7,9H2,1H3,(H,17,20);2*1H. The fraction of sp³-hybridized carbons (Fsp3) is 0.400. The third kappa shape index (κ3) is 4.05. The van der Waals surface area contributed by atoms with Crippen molar-refractivity contribution in [1.82, 2.24) is 15.1 Å². The van der Waals surface area contributed by atoms with Crippen molar-refractivity contribution < 1.29 is 14.4 Å². The maximum atomic E-state index is 12.1. The molecule has 0 aliphatic carbocycles. The number of piperazine rings is 1. The first kappa shape index (κ1) is 20.4. The zero-order valence-electron chi connectivity index (χ0n) is 13.2. The van der Waals surface area contributed by atoms with E-state index >= 15 is 0 Å². The third-order valence-electron chi connectivity index (χ3n) is 3.95. The highest BCUT2D eigenvalue weighted by Crippen LogP contribution is 2.24. The number of carbonyl (C=O) groups excluding carboxylic acids is 3. The lowest BCUT2D eigenvalue weighted by atomic mass is 10.1. The van der Waals surface area contributed by atoms with Crippen LogP contribution in [0.15, 0.2) is 18.2 Å². The van der Waals surface area contributed by atoms with Gasteiger partial charge in [0.1, 0.15) is 0 Å². The molecule has 24 heavy (non-hydrogen) atoms. The number of nitrogens with zero attached hydrogens (tertiary/aromatic N) is 2. The minimum absolute atomic E-state index is 0. The molecule has 2 heterocycles. The SMILES string of the molecule is CN1C(=O)c2ccc(NC(=O)CN3CCNCC3)cc2C1=O.Cl.Cl. The van der Waals surface area contributed by atoms with Gasteiger partial charge in [-0.2, -0.15) is 0 Å².